The summed E-state index contributed by atoms with van der Waals surface area (Å²) < 4.78 is 0. The number of allylic oxidation sites excluding steroid dienone is 3. The van der Waals surface area contributed by atoms with Crippen molar-refractivity contribution in [3.8, 4) is 17.2 Å². The van der Waals surface area contributed by atoms with Crippen LogP contribution in [0.15, 0.2) is 84.6 Å². The maximum Gasteiger partial charge on any atom is 0.133 e. The molecule has 3 aromatic rings. The molecule has 4 aliphatic rings. The Morgan fingerprint density at radius 3 is 0.987 bits per heavy atom. The molecule has 0 aromatic heterocycles. The third kappa shape index (κ3) is 19.6. The maximum absolute atomic E-state index is 12.0. The van der Waals surface area contributed by atoms with Gasteiger partial charge in [-0.1, -0.05) is 166 Å². The number of aliphatic imine (C=N–C) groups is 6. The lowest BCUT2D eigenvalue weighted by Crippen LogP contribution is -2.27. The van der Waals surface area contributed by atoms with E-state index < -0.39 is 0 Å². The molecule has 1 heterocycles. The fourth-order valence-corrected chi connectivity index (χ4v) is 11.8. The molecular formula is C69H96N6O3. The zero-order valence-corrected chi connectivity index (χ0v) is 48.1. The number of phenolic OH excluding ortho intramolecular Hbond substituents is 3. The van der Waals surface area contributed by atoms with Crippen molar-refractivity contribution < 1.29 is 15.3 Å². The minimum absolute atomic E-state index is 0.0509. The van der Waals surface area contributed by atoms with Crippen molar-refractivity contribution in [2.75, 3.05) is 0 Å². The van der Waals surface area contributed by atoms with Crippen molar-refractivity contribution >= 4 is 55.5 Å². The van der Waals surface area contributed by atoms with Gasteiger partial charge in [-0.15, -0.1) is 0 Å². The smallest absolute Gasteiger partial charge is 0.133 e. The van der Waals surface area contributed by atoms with E-state index in [0.717, 1.165) is 107 Å². The molecule has 3 aliphatic carbocycles. The summed E-state index contributed by atoms with van der Waals surface area (Å²) in [7, 11) is 0. The first-order chi connectivity index (χ1) is 38.3. The van der Waals surface area contributed by atoms with Crippen molar-refractivity contribution in [2.24, 2.45) is 30.0 Å². The van der Waals surface area contributed by atoms with E-state index in [4.69, 9.17) is 30.0 Å². The summed E-state index contributed by atoms with van der Waals surface area (Å²) in [5.41, 5.74) is 7.00. The third-order valence-electron chi connectivity index (χ3n) is 16.5. The zero-order chi connectivity index (χ0) is 54.6. The minimum Gasteiger partial charge on any atom is -0.507 e. The van der Waals surface area contributed by atoms with Gasteiger partial charge in [0.1, 0.15) is 17.2 Å². The van der Waals surface area contributed by atoms with Gasteiger partial charge < -0.3 is 15.3 Å². The molecule has 6 unspecified atom stereocenters. The molecule has 78 heavy (non-hydrogen) atoms. The Hall–Kier alpha value is -5.70. The largest absolute Gasteiger partial charge is 0.507 e. The van der Waals surface area contributed by atoms with Crippen LogP contribution in [0.4, 0.5) is 0 Å². The summed E-state index contributed by atoms with van der Waals surface area (Å²) in [5, 5.41) is 35.7. The van der Waals surface area contributed by atoms with Gasteiger partial charge in [-0.2, -0.15) is 0 Å². The fourth-order valence-electron chi connectivity index (χ4n) is 11.8. The Morgan fingerprint density at radius 1 is 0.372 bits per heavy atom. The van der Waals surface area contributed by atoms with Crippen LogP contribution in [0.5, 0.6) is 17.2 Å². The standard InChI is InChI=1S/C69H96N6O3/c1-4-7-9-11-13-15-17-19-21-23-31-53-41-56-47-71-62-34-29-33-61(45-62)70-46-55-39-52(30-6-3)40-57(67(55)76)48-72-63-35-25-26-36-64(63)74-50-59-43-54(32-24-22-20-18-16-14-12-10-8-5-2)44-60(69(59)78)51-75-66-38-28-27-37-65(66)73-49-58(42-53)68(56)77/h6,23-24,30-32,39-44,46-51,61-66,76-78H,4-5,7-22,25-29,33-38,45H2,1-3H3. The second-order valence-electron chi connectivity index (χ2n) is 23.0. The van der Waals surface area contributed by atoms with Gasteiger partial charge in [-0.25, -0.2) is 0 Å². The highest BCUT2D eigenvalue weighted by molar-refractivity contribution is 5.95. The predicted molar refractivity (Wildman–Crippen MR) is 335 cm³/mol. The molecule has 3 fully saturated rings. The van der Waals surface area contributed by atoms with Crippen LogP contribution >= 0.6 is 0 Å². The molecule has 1 aliphatic heterocycles. The van der Waals surface area contributed by atoms with Gasteiger partial charge in [-0.3, -0.25) is 30.0 Å². The summed E-state index contributed by atoms with van der Waals surface area (Å²) in [6.07, 6.45) is 58.3. The van der Waals surface area contributed by atoms with E-state index in [9.17, 15) is 15.3 Å². The van der Waals surface area contributed by atoms with Crippen LogP contribution in [-0.2, 0) is 0 Å². The number of unbranched alkanes of at least 4 members (excludes halogenated alkanes) is 16. The lowest BCUT2D eigenvalue weighted by Gasteiger charge is -2.26. The summed E-state index contributed by atoms with van der Waals surface area (Å²) in [6.45, 7) is 6.54. The van der Waals surface area contributed by atoms with E-state index in [-0.39, 0.29) is 53.5 Å². The topological polar surface area (TPSA) is 135 Å². The zero-order valence-electron chi connectivity index (χ0n) is 48.1. The second kappa shape index (κ2) is 33.7. The number of phenols is 3. The Labute approximate surface area is 470 Å². The third-order valence-corrected chi connectivity index (χ3v) is 16.5. The van der Waals surface area contributed by atoms with Crippen molar-refractivity contribution in [3.63, 3.8) is 0 Å². The summed E-state index contributed by atoms with van der Waals surface area (Å²) in [4.78, 5) is 31.0. The molecule has 0 amide bonds. The van der Waals surface area contributed by atoms with E-state index in [1.807, 2.05) is 92.8 Å². The van der Waals surface area contributed by atoms with Gasteiger partial charge in [0.15, 0.2) is 0 Å². The second-order valence-corrected chi connectivity index (χ2v) is 23.0. The number of hydrogen-bond donors (Lipinski definition) is 3. The Kier molecular flexibility index (Phi) is 25.9. The van der Waals surface area contributed by atoms with Gasteiger partial charge >= 0.3 is 0 Å². The van der Waals surface area contributed by atoms with E-state index in [1.165, 1.54) is 103 Å². The van der Waals surface area contributed by atoms with Gasteiger partial charge in [0.05, 0.1) is 36.3 Å². The number of aromatic hydroxyl groups is 3. The minimum atomic E-state index is -0.0746. The van der Waals surface area contributed by atoms with Crippen molar-refractivity contribution in [2.45, 2.75) is 250 Å². The first-order valence-corrected chi connectivity index (χ1v) is 31.1. The molecule has 0 saturated heterocycles. The highest BCUT2D eigenvalue weighted by Gasteiger charge is 2.26. The maximum atomic E-state index is 12.0. The normalized spacial score (nSPS) is 22.0. The van der Waals surface area contributed by atoms with Crippen LogP contribution in [0.25, 0.3) is 18.2 Å². The quantitative estimate of drug-likeness (QED) is 0.0917. The van der Waals surface area contributed by atoms with E-state index in [0.29, 0.717) is 33.4 Å². The number of fused-ring (bicyclic) bond motifs is 10. The Bertz CT molecular complexity index is 2580. The molecule has 420 valence electrons. The lowest BCUT2D eigenvalue weighted by molar-refractivity contribution is 0.389. The van der Waals surface area contributed by atoms with Crippen molar-refractivity contribution in [3.05, 3.63) is 105 Å². The highest BCUT2D eigenvalue weighted by atomic mass is 16.3. The average molecular weight is 1060 g/mol. The number of benzene rings is 3. The molecule has 0 radical (unpaired) electrons. The number of nitrogens with zero attached hydrogens (tertiary/aromatic N) is 6. The van der Waals surface area contributed by atoms with Crippen LogP contribution in [0, 0.1) is 0 Å². The predicted octanol–water partition coefficient (Wildman–Crippen LogP) is 17.8. The molecule has 3 saturated carbocycles. The van der Waals surface area contributed by atoms with Crippen LogP contribution in [-0.4, -0.2) is 88.9 Å². The van der Waals surface area contributed by atoms with Crippen LogP contribution in [0.3, 0.4) is 0 Å². The Morgan fingerprint density at radius 2 is 0.667 bits per heavy atom. The molecule has 3 N–H and O–H groups in total. The molecule has 7 rings (SSSR count). The molecule has 9 nitrogen and oxygen atoms in total. The molecule has 8 bridgehead atoms. The fraction of sp³-hybridized carbons (Fsp3) is 0.565. The van der Waals surface area contributed by atoms with E-state index in [1.54, 1.807) is 0 Å². The SMILES string of the molecule is CC=Cc1cc2c(O)c(c1)C=NC1CCCCC1N=Cc1cc(C=CCCCCCCCCCC)cc(c1O)C=NC1CCCCC1N=Cc1cc(C=CCCCCCCCCCC)cc(c1O)C=NC1CCCC(C1)N=C2. The van der Waals surface area contributed by atoms with Crippen molar-refractivity contribution in [1.29, 1.82) is 0 Å². The van der Waals surface area contributed by atoms with Crippen LogP contribution in [0.1, 0.15) is 263 Å². The van der Waals surface area contributed by atoms with Crippen LogP contribution < -0.4 is 0 Å². The molecular weight excluding hydrogens is 961 g/mol. The molecule has 3 aromatic carbocycles. The monoisotopic (exact) mass is 1060 g/mol. The average Bonchev–Trinajstić information content (AvgIpc) is 3.45. The Balaban J connectivity index is 1.22. The van der Waals surface area contributed by atoms with E-state index >= 15 is 0 Å². The first-order valence-electron chi connectivity index (χ1n) is 31.1. The van der Waals surface area contributed by atoms with Gasteiger partial charge in [0.2, 0.25) is 0 Å². The first kappa shape index (κ1) is 60.0. The highest BCUT2D eigenvalue weighted by Crippen LogP contribution is 2.32. The van der Waals surface area contributed by atoms with Crippen molar-refractivity contribution in [1.82, 2.24) is 0 Å². The van der Waals surface area contributed by atoms with Gasteiger partial charge in [0, 0.05) is 70.7 Å². The van der Waals surface area contributed by atoms with Gasteiger partial charge in [-0.05, 0) is 137 Å². The molecule has 9 heteroatoms. The number of rotatable bonds is 21. The lowest BCUT2D eigenvalue weighted by atomic mass is 9.91. The molecule has 6 atom stereocenters. The van der Waals surface area contributed by atoms with Gasteiger partial charge in [0.25, 0.3) is 0 Å². The number of hydrogen-bond acceptors (Lipinski definition) is 9. The summed E-state index contributed by atoms with van der Waals surface area (Å²) in [5.74, 6) is 0.509. The van der Waals surface area contributed by atoms with Crippen LogP contribution in [0.2, 0.25) is 0 Å². The summed E-state index contributed by atoms with van der Waals surface area (Å²) in [6, 6.07) is 12.0. The molecule has 0 spiro atoms. The van der Waals surface area contributed by atoms with E-state index in [2.05, 4.69) is 38.2 Å². The summed E-state index contributed by atoms with van der Waals surface area (Å²) >= 11 is 0.